The highest BCUT2D eigenvalue weighted by atomic mass is 35.5. The Morgan fingerprint density at radius 2 is 2.25 bits per heavy atom. The summed E-state index contributed by atoms with van der Waals surface area (Å²) in [4.78, 5) is 13.3. The molecule has 3 nitrogen and oxygen atoms in total. The molecule has 86 valence electrons. The molecule has 0 fully saturated rings. The first-order valence-electron chi connectivity index (χ1n) is 5.29. The second-order valence-electron chi connectivity index (χ2n) is 4.34. The fraction of sp³-hybridized carbons (Fsp3) is 0.417. The van der Waals surface area contributed by atoms with Gasteiger partial charge in [0.1, 0.15) is 5.92 Å². The summed E-state index contributed by atoms with van der Waals surface area (Å²) in [6.45, 7) is 4.65. The van der Waals surface area contributed by atoms with Crippen LogP contribution in [0.3, 0.4) is 0 Å². The van der Waals surface area contributed by atoms with Crippen molar-refractivity contribution in [1.82, 2.24) is 0 Å². The summed E-state index contributed by atoms with van der Waals surface area (Å²) in [5.74, 6) is -1.25. The molecule has 1 aliphatic rings. The Labute approximate surface area is 99.6 Å². The highest BCUT2D eigenvalue weighted by Gasteiger charge is 2.34. The third-order valence-electron chi connectivity index (χ3n) is 2.98. The standard InChI is InChI=1S/C12H14ClNO2/c1-7(2)14-6-10(12(15)16)9-5-8(13)3-4-11(9)14/h3-5,7,10H,6H2,1-2H3,(H,15,16). The first kappa shape index (κ1) is 11.3. The molecule has 0 spiro atoms. The number of nitrogens with zero attached hydrogens (tertiary/aromatic N) is 1. The van der Waals surface area contributed by atoms with Crippen molar-refractivity contribution in [2.75, 3.05) is 11.4 Å². The van der Waals surface area contributed by atoms with E-state index in [-0.39, 0.29) is 0 Å². The van der Waals surface area contributed by atoms with E-state index in [4.69, 9.17) is 11.6 Å². The van der Waals surface area contributed by atoms with Gasteiger partial charge in [0.25, 0.3) is 0 Å². The lowest BCUT2D eigenvalue weighted by molar-refractivity contribution is -0.138. The number of carbonyl (C=O) groups is 1. The van der Waals surface area contributed by atoms with Gasteiger partial charge in [-0.1, -0.05) is 11.6 Å². The van der Waals surface area contributed by atoms with Crippen LogP contribution in [0.2, 0.25) is 5.02 Å². The van der Waals surface area contributed by atoms with E-state index in [2.05, 4.69) is 18.7 Å². The van der Waals surface area contributed by atoms with E-state index in [1.165, 1.54) is 0 Å². The largest absolute Gasteiger partial charge is 0.481 e. The number of benzene rings is 1. The fourth-order valence-electron chi connectivity index (χ4n) is 2.16. The average molecular weight is 240 g/mol. The number of anilines is 1. The lowest BCUT2D eigenvalue weighted by Crippen LogP contribution is -2.30. The van der Waals surface area contributed by atoms with Gasteiger partial charge in [0, 0.05) is 23.3 Å². The number of fused-ring (bicyclic) bond motifs is 1. The van der Waals surface area contributed by atoms with Gasteiger partial charge in [-0.3, -0.25) is 4.79 Å². The fourth-order valence-corrected chi connectivity index (χ4v) is 2.34. The van der Waals surface area contributed by atoms with Crippen LogP contribution in [0.5, 0.6) is 0 Å². The Balaban J connectivity index is 2.48. The van der Waals surface area contributed by atoms with Crippen molar-refractivity contribution in [1.29, 1.82) is 0 Å². The van der Waals surface area contributed by atoms with Crippen LogP contribution in [0.4, 0.5) is 5.69 Å². The summed E-state index contributed by atoms with van der Waals surface area (Å²) in [6.07, 6.45) is 0. The van der Waals surface area contributed by atoms with Crippen LogP contribution in [0.1, 0.15) is 25.3 Å². The van der Waals surface area contributed by atoms with Crippen LogP contribution in [0.25, 0.3) is 0 Å². The molecule has 1 aliphatic heterocycles. The van der Waals surface area contributed by atoms with Gasteiger partial charge >= 0.3 is 5.97 Å². The van der Waals surface area contributed by atoms with Crippen molar-refractivity contribution in [3.8, 4) is 0 Å². The molecule has 1 atom stereocenters. The highest BCUT2D eigenvalue weighted by molar-refractivity contribution is 6.30. The number of aliphatic carboxylic acids is 1. The third kappa shape index (κ3) is 1.76. The van der Waals surface area contributed by atoms with Crippen molar-refractivity contribution in [3.05, 3.63) is 28.8 Å². The zero-order valence-electron chi connectivity index (χ0n) is 9.27. The van der Waals surface area contributed by atoms with Gasteiger partial charge in [-0.2, -0.15) is 0 Å². The number of halogens is 1. The molecule has 0 saturated carbocycles. The van der Waals surface area contributed by atoms with E-state index in [1.54, 1.807) is 12.1 Å². The number of hydrogen-bond donors (Lipinski definition) is 1. The number of rotatable bonds is 2. The molecule has 2 rings (SSSR count). The van der Waals surface area contributed by atoms with Crippen LogP contribution < -0.4 is 4.90 Å². The smallest absolute Gasteiger partial charge is 0.312 e. The van der Waals surface area contributed by atoms with Crippen molar-refractivity contribution in [3.63, 3.8) is 0 Å². The maximum atomic E-state index is 11.2. The van der Waals surface area contributed by atoms with Gasteiger partial charge in [0.05, 0.1) is 0 Å². The van der Waals surface area contributed by atoms with E-state index in [0.717, 1.165) is 11.3 Å². The zero-order chi connectivity index (χ0) is 11.9. The minimum absolute atomic E-state index is 0.296. The molecule has 0 saturated heterocycles. The molecular formula is C12H14ClNO2. The highest BCUT2D eigenvalue weighted by Crippen LogP contribution is 2.38. The third-order valence-corrected chi connectivity index (χ3v) is 3.21. The second-order valence-corrected chi connectivity index (χ2v) is 4.78. The molecule has 16 heavy (non-hydrogen) atoms. The molecule has 1 heterocycles. The molecule has 1 unspecified atom stereocenters. The molecule has 1 aromatic carbocycles. The molecule has 0 aliphatic carbocycles. The van der Waals surface area contributed by atoms with Crippen molar-refractivity contribution >= 4 is 23.3 Å². The minimum Gasteiger partial charge on any atom is -0.481 e. The monoisotopic (exact) mass is 239 g/mol. The maximum Gasteiger partial charge on any atom is 0.312 e. The Kier molecular flexibility index (Phi) is 2.80. The lowest BCUT2D eigenvalue weighted by Gasteiger charge is -2.24. The van der Waals surface area contributed by atoms with Gasteiger partial charge in [-0.25, -0.2) is 0 Å². The van der Waals surface area contributed by atoms with E-state index in [9.17, 15) is 9.90 Å². The number of hydrogen-bond acceptors (Lipinski definition) is 2. The zero-order valence-corrected chi connectivity index (χ0v) is 10.0. The molecular weight excluding hydrogens is 226 g/mol. The number of carboxylic acids is 1. The Morgan fingerprint density at radius 3 is 2.81 bits per heavy atom. The Bertz CT molecular complexity index is 431. The van der Waals surface area contributed by atoms with E-state index >= 15 is 0 Å². The average Bonchev–Trinajstić information content (AvgIpc) is 2.56. The molecule has 0 bridgehead atoms. The van der Waals surface area contributed by atoms with Crippen molar-refractivity contribution in [2.24, 2.45) is 0 Å². The SMILES string of the molecule is CC(C)N1CC(C(=O)O)c2cc(Cl)ccc21. The summed E-state index contributed by atoms with van der Waals surface area (Å²) in [7, 11) is 0. The first-order chi connectivity index (χ1) is 7.50. The molecule has 1 aromatic rings. The van der Waals surface area contributed by atoms with E-state index < -0.39 is 11.9 Å². The molecule has 0 amide bonds. The van der Waals surface area contributed by atoms with E-state index in [0.29, 0.717) is 17.6 Å². The summed E-state index contributed by atoms with van der Waals surface area (Å²) in [6, 6.07) is 5.77. The molecule has 0 aromatic heterocycles. The molecule has 4 heteroatoms. The summed E-state index contributed by atoms with van der Waals surface area (Å²) in [5, 5.41) is 9.77. The number of carboxylic acid groups (broad SMARTS) is 1. The van der Waals surface area contributed by atoms with Crippen molar-refractivity contribution in [2.45, 2.75) is 25.8 Å². The van der Waals surface area contributed by atoms with Gasteiger partial charge in [0.2, 0.25) is 0 Å². The van der Waals surface area contributed by atoms with Crippen LogP contribution in [0, 0.1) is 0 Å². The van der Waals surface area contributed by atoms with Crippen LogP contribution in [0.15, 0.2) is 18.2 Å². The van der Waals surface area contributed by atoms with Crippen LogP contribution in [-0.2, 0) is 4.79 Å². The summed E-state index contributed by atoms with van der Waals surface area (Å²) < 4.78 is 0. The lowest BCUT2D eigenvalue weighted by atomic mass is 10.0. The predicted octanol–water partition coefficient (Wildman–Crippen LogP) is 2.74. The van der Waals surface area contributed by atoms with Crippen LogP contribution in [-0.4, -0.2) is 23.7 Å². The van der Waals surface area contributed by atoms with Gasteiger partial charge < -0.3 is 10.0 Å². The van der Waals surface area contributed by atoms with Gasteiger partial charge in [0.15, 0.2) is 0 Å². The normalized spacial score (nSPS) is 19.0. The maximum absolute atomic E-state index is 11.2. The van der Waals surface area contributed by atoms with Gasteiger partial charge in [-0.05, 0) is 37.6 Å². The van der Waals surface area contributed by atoms with E-state index in [1.807, 2.05) is 6.07 Å². The minimum atomic E-state index is -0.785. The molecule has 0 radical (unpaired) electrons. The predicted molar refractivity (Wildman–Crippen MR) is 64.3 cm³/mol. The first-order valence-corrected chi connectivity index (χ1v) is 5.67. The summed E-state index contributed by atoms with van der Waals surface area (Å²) in [5.41, 5.74) is 1.82. The second kappa shape index (κ2) is 3.98. The van der Waals surface area contributed by atoms with Crippen LogP contribution >= 0.6 is 11.6 Å². The molecule has 1 N–H and O–H groups in total. The Morgan fingerprint density at radius 1 is 1.56 bits per heavy atom. The summed E-state index contributed by atoms with van der Waals surface area (Å²) >= 11 is 5.91. The quantitative estimate of drug-likeness (QED) is 0.863. The van der Waals surface area contributed by atoms with Crippen molar-refractivity contribution < 1.29 is 9.90 Å². The topological polar surface area (TPSA) is 40.5 Å². The Hall–Kier alpha value is -1.22. The van der Waals surface area contributed by atoms with Gasteiger partial charge in [-0.15, -0.1) is 0 Å².